The summed E-state index contributed by atoms with van der Waals surface area (Å²) < 4.78 is 19.8. The van der Waals surface area contributed by atoms with Crippen LogP contribution in [-0.2, 0) is 6.61 Å². The molecular formula is C10H4BrClFNOS. The van der Waals surface area contributed by atoms with Crippen molar-refractivity contribution in [2.75, 3.05) is 0 Å². The Morgan fingerprint density at radius 2 is 2.31 bits per heavy atom. The lowest BCUT2D eigenvalue weighted by Gasteiger charge is -2.16. The van der Waals surface area contributed by atoms with Gasteiger partial charge in [0.2, 0.25) is 5.88 Å². The molecule has 1 aliphatic rings. The van der Waals surface area contributed by atoms with Crippen molar-refractivity contribution < 1.29 is 9.13 Å². The lowest BCUT2D eigenvalue weighted by atomic mass is 10.0. The molecule has 82 valence electrons. The first kappa shape index (κ1) is 10.5. The molecule has 1 aromatic carbocycles. The maximum Gasteiger partial charge on any atom is 0.234 e. The zero-order valence-corrected chi connectivity index (χ0v) is 10.9. The number of nitrogens with zero attached hydrogens (tertiary/aromatic N) is 1. The standard InChI is InChI=1S/C10H4BrClFNOS/c11-10-14-9-8(16-10)4-1-2-6(12)7(13)5(4)3-15-9/h1-2H,3H2. The summed E-state index contributed by atoms with van der Waals surface area (Å²) in [5.74, 6) is 0.139. The number of fused-ring (bicyclic) bond motifs is 3. The molecule has 0 spiro atoms. The quantitative estimate of drug-likeness (QED) is 0.723. The highest BCUT2D eigenvalue weighted by Crippen LogP contribution is 2.44. The molecule has 1 aliphatic heterocycles. The molecular weight excluding hydrogens is 317 g/mol. The predicted octanol–water partition coefficient (Wildman–Crippen LogP) is 4.26. The van der Waals surface area contributed by atoms with E-state index in [-0.39, 0.29) is 11.6 Å². The number of hydrogen-bond donors (Lipinski definition) is 0. The zero-order chi connectivity index (χ0) is 11.3. The third kappa shape index (κ3) is 1.46. The van der Waals surface area contributed by atoms with E-state index in [0.29, 0.717) is 11.4 Å². The molecule has 0 N–H and O–H groups in total. The van der Waals surface area contributed by atoms with E-state index in [2.05, 4.69) is 20.9 Å². The second kappa shape index (κ2) is 3.68. The molecule has 0 radical (unpaired) electrons. The molecule has 0 unspecified atom stereocenters. The number of rotatable bonds is 0. The topological polar surface area (TPSA) is 22.1 Å². The maximum atomic E-state index is 13.7. The van der Waals surface area contributed by atoms with E-state index < -0.39 is 5.82 Å². The van der Waals surface area contributed by atoms with Gasteiger partial charge in [0.15, 0.2) is 3.92 Å². The van der Waals surface area contributed by atoms with E-state index in [1.165, 1.54) is 11.3 Å². The van der Waals surface area contributed by atoms with Crippen LogP contribution in [0.2, 0.25) is 5.02 Å². The number of aromatic nitrogens is 1. The van der Waals surface area contributed by atoms with E-state index in [1.807, 2.05) is 0 Å². The van der Waals surface area contributed by atoms with Gasteiger partial charge in [-0.25, -0.2) is 4.39 Å². The van der Waals surface area contributed by atoms with Crippen molar-refractivity contribution in [3.05, 3.63) is 32.5 Å². The first-order chi connectivity index (χ1) is 7.66. The van der Waals surface area contributed by atoms with E-state index >= 15 is 0 Å². The second-order valence-electron chi connectivity index (χ2n) is 3.28. The minimum absolute atomic E-state index is 0.120. The van der Waals surface area contributed by atoms with Gasteiger partial charge in [-0.2, -0.15) is 4.98 Å². The molecule has 3 rings (SSSR count). The lowest BCUT2D eigenvalue weighted by Crippen LogP contribution is -2.07. The Morgan fingerprint density at radius 3 is 3.12 bits per heavy atom. The largest absolute Gasteiger partial charge is 0.472 e. The number of thiazole rings is 1. The van der Waals surface area contributed by atoms with Gasteiger partial charge in [0, 0.05) is 11.1 Å². The molecule has 0 saturated heterocycles. The molecule has 2 heterocycles. The Balaban J connectivity index is 2.29. The van der Waals surface area contributed by atoms with Crippen molar-refractivity contribution in [1.29, 1.82) is 0 Å². The van der Waals surface area contributed by atoms with Crippen molar-refractivity contribution in [1.82, 2.24) is 4.98 Å². The van der Waals surface area contributed by atoms with Gasteiger partial charge in [-0.15, -0.1) is 11.3 Å². The molecule has 1 aromatic heterocycles. The zero-order valence-electron chi connectivity index (χ0n) is 7.76. The molecule has 0 atom stereocenters. The Labute approximate surface area is 108 Å². The summed E-state index contributed by atoms with van der Waals surface area (Å²) in [6.45, 7) is 0.172. The molecule has 6 heteroatoms. The third-order valence-corrected chi connectivity index (χ3v) is 4.18. The molecule has 0 aliphatic carbocycles. The number of ether oxygens (including phenoxy) is 1. The maximum absolute atomic E-state index is 13.7. The summed E-state index contributed by atoms with van der Waals surface area (Å²) in [6.07, 6.45) is 0. The van der Waals surface area contributed by atoms with Crippen LogP contribution < -0.4 is 4.74 Å². The summed E-state index contributed by atoms with van der Waals surface area (Å²) in [7, 11) is 0. The molecule has 0 saturated carbocycles. The SMILES string of the molecule is Fc1c(Cl)ccc2c1COc1nc(Br)sc1-2. The summed E-state index contributed by atoms with van der Waals surface area (Å²) in [6, 6.07) is 3.35. The van der Waals surface area contributed by atoms with E-state index in [9.17, 15) is 4.39 Å². The van der Waals surface area contributed by atoms with Gasteiger partial charge in [0.25, 0.3) is 0 Å². The van der Waals surface area contributed by atoms with Crippen LogP contribution in [0.25, 0.3) is 10.4 Å². The smallest absolute Gasteiger partial charge is 0.234 e. The molecule has 0 fully saturated rings. The van der Waals surface area contributed by atoms with Crippen molar-refractivity contribution in [2.45, 2.75) is 6.61 Å². The highest BCUT2D eigenvalue weighted by Gasteiger charge is 2.25. The summed E-state index contributed by atoms with van der Waals surface area (Å²) in [5.41, 5.74) is 1.31. The van der Waals surface area contributed by atoms with Crippen molar-refractivity contribution in [3.63, 3.8) is 0 Å². The summed E-state index contributed by atoms with van der Waals surface area (Å²) >= 11 is 10.4. The average Bonchev–Trinajstić information content (AvgIpc) is 2.63. The Bertz CT molecular complexity index is 586. The van der Waals surface area contributed by atoms with Gasteiger partial charge in [-0.05, 0) is 22.0 Å². The van der Waals surface area contributed by atoms with Crippen LogP contribution in [0.1, 0.15) is 5.56 Å². The fraction of sp³-hybridized carbons (Fsp3) is 0.100. The van der Waals surface area contributed by atoms with Crippen LogP contribution in [0, 0.1) is 5.82 Å². The fourth-order valence-electron chi connectivity index (χ4n) is 1.64. The monoisotopic (exact) mass is 319 g/mol. The van der Waals surface area contributed by atoms with Gasteiger partial charge in [0.05, 0.1) is 9.90 Å². The van der Waals surface area contributed by atoms with E-state index in [0.717, 1.165) is 14.4 Å². The second-order valence-corrected chi connectivity index (χ2v) is 5.96. The van der Waals surface area contributed by atoms with Crippen molar-refractivity contribution in [3.8, 4) is 16.3 Å². The van der Waals surface area contributed by atoms with Crippen LogP contribution in [-0.4, -0.2) is 4.98 Å². The van der Waals surface area contributed by atoms with Crippen LogP contribution in [0.5, 0.6) is 5.88 Å². The molecule has 2 aromatic rings. The highest BCUT2D eigenvalue weighted by molar-refractivity contribution is 9.11. The first-order valence-electron chi connectivity index (χ1n) is 4.43. The number of hydrogen-bond acceptors (Lipinski definition) is 3. The van der Waals surface area contributed by atoms with Gasteiger partial charge >= 0.3 is 0 Å². The van der Waals surface area contributed by atoms with Crippen molar-refractivity contribution >= 4 is 38.9 Å². The Hall–Kier alpha value is -0.650. The minimum atomic E-state index is -0.408. The van der Waals surface area contributed by atoms with Crippen molar-refractivity contribution in [2.24, 2.45) is 0 Å². The first-order valence-corrected chi connectivity index (χ1v) is 6.42. The normalized spacial score (nSPS) is 12.9. The van der Waals surface area contributed by atoms with Crippen LogP contribution in [0.3, 0.4) is 0 Å². The van der Waals surface area contributed by atoms with Gasteiger partial charge in [0.1, 0.15) is 12.4 Å². The number of halogens is 3. The van der Waals surface area contributed by atoms with Crippen LogP contribution in [0.15, 0.2) is 16.0 Å². The van der Waals surface area contributed by atoms with Crippen LogP contribution in [0.4, 0.5) is 4.39 Å². The summed E-state index contributed by atoms with van der Waals surface area (Å²) in [5, 5.41) is 0.120. The van der Waals surface area contributed by atoms with E-state index in [4.69, 9.17) is 16.3 Å². The van der Waals surface area contributed by atoms with Gasteiger partial charge < -0.3 is 4.74 Å². The lowest BCUT2D eigenvalue weighted by molar-refractivity contribution is 0.285. The average molecular weight is 321 g/mol. The number of benzene rings is 1. The molecule has 0 amide bonds. The summed E-state index contributed by atoms with van der Waals surface area (Å²) in [4.78, 5) is 5.00. The third-order valence-electron chi connectivity index (χ3n) is 2.36. The fourth-order valence-corrected chi connectivity index (χ4v) is 3.25. The van der Waals surface area contributed by atoms with Gasteiger partial charge in [-0.1, -0.05) is 17.7 Å². The molecule has 0 bridgehead atoms. The van der Waals surface area contributed by atoms with Crippen LogP contribution >= 0.6 is 38.9 Å². The predicted molar refractivity (Wildman–Crippen MR) is 64.6 cm³/mol. The Kier molecular flexibility index (Phi) is 2.42. The Morgan fingerprint density at radius 1 is 1.50 bits per heavy atom. The molecule has 2 nitrogen and oxygen atoms in total. The van der Waals surface area contributed by atoms with Gasteiger partial charge in [-0.3, -0.25) is 0 Å². The highest BCUT2D eigenvalue weighted by atomic mass is 79.9. The van der Waals surface area contributed by atoms with E-state index in [1.54, 1.807) is 12.1 Å². The minimum Gasteiger partial charge on any atom is -0.472 e. The molecule has 16 heavy (non-hydrogen) atoms.